The molecule has 0 aromatic carbocycles. The van der Waals surface area contributed by atoms with Gasteiger partial charge in [0.2, 0.25) is 0 Å². The van der Waals surface area contributed by atoms with Gasteiger partial charge in [-0.15, -0.1) is 10.2 Å². The molecule has 2 aliphatic carbocycles. The molecule has 1 unspecified atom stereocenters. The molecule has 2 fully saturated rings. The summed E-state index contributed by atoms with van der Waals surface area (Å²) >= 11 is 0. The van der Waals surface area contributed by atoms with Crippen LogP contribution in [0.25, 0.3) is 0 Å². The van der Waals surface area contributed by atoms with Gasteiger partial charge in [0.25, 0.3) is 0 Å². The topological polar surface area (TPSA) is 56.7 Å². The normalized spacial score (nSPS) is 24.6. The van der Waals surface area contributed by atoms with E-state index < -0.39 is 0 Å². The highest BCUT2D eigenvalue weighted by Gasteiger charge is 2.33. The third kappa shape index (κ3) is 1.86. The highest BCUT2D eigenvalue weighted by molar-refractivity contribution is 5.02. The third-order valence-electron chi connectivity index (χ3n) is 4.00. The minimum absolute atomic E-state index is 0.115. The molecule has 3 rings (SSSR count). The van der Waals surface area contributed by atoms with E-state index in [1.807, 2.05) is 6.33 Å². The van der Waals surface area contributed by atoms with Crippen LogP contribution in [0, 0.1) is 5.92 Å². The van der Waals surface area contributed by atoms with Crippen LogP contribution in [0.3, 0.4) is 0 Å². The monoisotopic (exact) mass is 220 g/mol. The van der Waals surface area contributed by atoms with Gasteiger partial charge in [-0.1, -0.05) is 19.3 Å². The average Bonchev–Trinajstić information content (AvgIpc) is 3.06. The van der Waals surface area contributed by atoms with Crippen molar-refractivity contribution in [2.45, 2.75) is 57.0 Å². The van der Waals surface area contributed by atoms with Crippen LogP contribution in [-0.4, -0.2) is 14.8 Å². The van der Waals surface area contributed by atoms with Crippen molar-refractivity contribution < 1.29 is 0 Å². The second kappa shape index (κ2) is 4.17. The number of nitrogens with zero attached hydrogens (tertiary/aromatic N) is 3. The molecule has 1 heterocycles. The van der Waals surface area contributed by atoms with Crippen LogP contribution >= 0.6 is 0 Å². The predicted octanol–water partition coefficient (Wildman–Crippen LogP) is 2.19. The zero-order valence-electron chi connectivity index (χ0n) is 9.68. The molecule has 0 saturated heterocycles. The van der Waals surface area contributed by atoms with E-state index in [1.54, 1.807) is 0 Å². The summed E-state index contributed by atoms with van der Waals surface area (Å²) in [5.41, 5.74) is 6.23. The Kier molecular flexibility index (Phi) is 2.67. The summed E-state index contributed by atoms with van der Waals surface area (Å²) in [7, 11) is 0. The number of hydrogen-bond donors (Lipinski definition) is 1. The third-order valence-corrected chi connectivity index (χ3v) is 4.00. The number of hydrogen-bond acceptors (Lipinski definition) is 3. The summed E-state index contributed by atoms with van der Waals surface area (Å²) in [5, 5.41) is 8.30. The maximum Gasteiger partial charge on any atom is 0.150 e. The molecule has 0 bridgehead atoms. The Morgan fingerprint density at radius 1 is 1.19 bits per heavy atom. The highest BCUT2D eigenvalue weighted by atomic mass is 15.3. The molecule has 2 N–H and O–H groups in total. The Balaban J connectivity index is 1.80. The lowest BCUT2D eigenvalue weighted by Gasteiger charge is -2.25. The Morgan fingerprint density at radius 3 is 2.62 bits per heavy atom. The van der Waals surface area contributed by atoms with E-state index in [4.69, 9.17) is 5.73 Å². The van der Waals surface area contributed by atoms with Crippen molar-refractivity contribution in [3.63, 3.8) is 0 Å². The Hall–Kier alpha value is -0.900. The van der Waals surface area contributed by atoms with E-state index in [2.05, 4.69) is 14.8 Å². The van der Waals surface area contributed by atoms with Gasteiger partial charge < -0.3 is 10.3 Å². The first kappa shape index (κ1) is 10.3. The van der Waals surface area contributed by atoms with Crippen molar-refractivity contribution in [2.24, 2.45) is 11.7 Å². The lowest BCUT2D eigenvalue weighted by atomic mass is 9.95. The van der Waals surface area contributed by atoms with Crippen LogP contribution in [0.15, 0.2) is 6.33 Å². The molecular formula is C12H20N4. The first-order valence-electron chi connectivity index (χ1n) is 6.51. The van der Waals surface area contributed by atoms with E-state index in [0.29, 0.717) is 12.0 Å². The van der Waals surface area contributed by atoms with Gasteiger partial charge in [-0.25, -0.2) is 0 Å². The molecular weight excluding hydrogens is 200 g/mol. The smallest absolute Gasteiger partial charge is 0.150 e. The second-order valence-corrected chi connectivity index (χ2v) is 5.25. The molecule has 0 amide bonds. The summed E-state index contributed by atoms with van der Waals surface area (Å²) < 4.78 is 2.25. The molecule has 1 aromatic heterocycles. The first-order valence-corrected chi connectivity index (χ1v) is 6.51. The van der Waals surface area contributed by atoms with Crippen molar-refractivity contribution in [1.82, 2.24) is 14.8 Å². The van der Waals surface area contributed by atoms with Crippen molar-refractivity contribution in [3.8, 4) is 0 Å². The van der Waals surface area contributed by atoms with Crippen LogP contribution in [0.1, 0.15) is 62.9 Å². The Morgan fingerprint density at radius 2 is 1.94 bits per heavy atom. The average molecular weight is 220 g/mol. The lowest BCUT2D eigenvalue weighted by Crippen LogP contribution is -2.22. The fraction of sp³-hybridized carbons (Fsp3) is 0.833. The fourth-order valence-corrected chi connectivity index (χ4v) is 2.80. The molecule has 0 radical (unpaired) electrons. The van der Waals surface area contributed by atoms with Gasteiger partial charge in [-0.3, -0.25) is 0 Å². The minimum Gasteiger partial charge on any atom is -0.321 e. The van der Waals surface area contributed by atoms with Crippen molar-refractivity contribution >= 4 is 0 Å². The number of nitrogens with two attached hydrogens (primary N) is 1. The summed E-state index contributed by atoms with van der Waals surface area (Å²) in [6.07, 6.45) is 11.0. The molecule has 16 heavy (non-hydrogen) atoms. The highest BCUT2D eigenvalue weighted by Crippen LogP contribution is 2.40. The molecule has 0 aliphatic heterocycles. The van der Waals surface area contributed by atoms with Gasteiger partial charge in [0.05, 0.1) is 6.04 Å². The van der Waals surface area contributed by atoms with Crippen LogP contribution in [0.2, 0.25) is 0 Å². The predicted molar refractivity (Wildman–Crippen MR) is 61.8 cm³/mol. The first-order chi connectivity index (χ1) is 7.86. The van der Waals surface area contributed by atoms with Crippen molar-refractivity contribution in [3.05, 3.63) is 12.2 Å². The fourth-order valence-electron chi connectivity index (χ4n) is 2.80. The zero-order chi connectivity index (χ0) is 11.0. The molecule has 1 atom stereocenters. The van der Waals surface area contributed by atoms with E-state index >= 15 is 0 Å². The molecule has 2 aliphatic rings. The minimum atomic E-state index is 0.115. The zero-order valence-corrected chi connectivity index (χ0v) is 9.68. The van der Waals surface area contributed by atoms with E-state index in [1.165, 1.54) is 44.9 Å². The summed E-state index contributed by atoms with van der Waals surface area (Å²) in [6, 6.07) is 0.716. The molecule has 4 heteroatoms. The number of rotatable bonds is 3. The van der Waals surface area contributed by atoms with Crippen LogP contribution < -0.4 is 5.73 Å². The maximum absolute atomic E-state index is 6.23. The van der Waals surface area contributed by atoms with Crippen molar-refractivity contribution in [2.75, 3.05) is 0 Å². The van der Waals surface area contributed by atoms with Gasteiger partial charge in [-0.05, 0) is 31.6 Å². The largest absolute Gasteiger partial charge is 0.321 e. The molecule has 2 saturated carbocycles. The second-order valence-electron chi connectivity index (χ2n) is 5.25. The summed E-state index contributed by atoms with van der Waals surface area (Å²) in [4.78, 5) is 0. The van der Waals surface area contributed by atoms with E-state index in [-0.39, 0.29) is 6.04 Å². The lowest BCUT2D eigenvalue weighted by molar-refractivity contribution is 0.337. The standard InChI is InChI=1S/C12H20N4/c13-11(9-6-7-9)12-15-14-8-16(12)10-4-2-1-3-5-10/h8-11H,1-7,13H2. The number of aromatic nitrogens is 3. The van der Waals surface area contributed by atoms with Crippen LogP contribution in [0.4, 0.5) is 0 Å². The summed E-state index contributed by atoms with van der Waals surface area (Å²) in [6.45, 7) is 0. The van der Waals surface area contributed by atoms with Crippen LogP contribution in [0.5, 0.6) is 0 Å². The van der Waals surface area contributed by atoms with Gasteiger partial charge >= 0.3 is 0 Å². The molecule has 1 aromatic rings. The summed E-state index contributed by atoms with van der Waals surface area (Å²) in [5.74, 6) is 1.68. The Labute approximate surface area is 96.2 Å². The van der Waals surface area contributed by atoms with Gasteiger partial charge in [-0.2, -0.15) is 0 Å². The van der Waals surface area contributed by atoms with Gasteiger partial charge in [0.1, 0.15) is 12.2 Å². The maximum atomic E-state index is 6.23. The SMILES string of the molecule is NC(c1nncn1C1CCCCC1)C1CC1. The van der Waals surface area contributed by atoms with E-state index in [0.717, 1.165) is 5.82 Å². The van der Waals surface area contributed by atoms with Gasteiger partial charge in [0.15, 0.2) is 0 Å². The molecule has 88 valence electrons. The van der Waals surface area contributed by atoms with Crippen LogP contribution in [-0.2, 0) is 0 Å². The molecule has 0 spiro atoms. The van der Waals surface area contributed by atoms with Gasteiger partial charge in [0, 0.05) is 6.04 Å². The van der Waals surface area contributed by atoms with E-state index in [9.17, 15) is 0 Å². The Bertz CT molecular complexity index is 350. The quantitative estimate of drug-likeness (QED) is 0.849. The molecule has 4 nitrogen and oxygen atoms in total. The van der Waals surface area contributed by atoms with Crippen molar-refractivity contribution in [1.29, 1.82) is 0 Å².